The van der Waals surface area contributed by atoms with Crippen LogP contribution in [0.25, 0.3) is 0 Å². The average molecular weight is 325 g/mol. The molecule has 0 aromatic rings. The second-order valence-corrected chi connectivity index (χ2v) is 8.04. The summed E-state index contributed by atoms with van der Waals surface area (Å²) in [6, 6.07) is 1.48. The number of nitrogens with zero attached hydrogens (tertiary/aromatic N) is 2. The third-order valence-corrected chi connectivity index (χ3v) is 6.13. The number of hydrogen-bond acceptors (Lipinski definition) is 3. The highest BCUT2D eigenvalue weighted by Crippen LogP contribution is 2.30. The van der Waals surface area contributed by atoms with E-state index in [1.807, 2.05) is 0 Å². The number of hydrogen-bond donors (Lipinski definition) is 0. The molecule has 0 unspecified atom stereocenters. The second-order valence-electron chi connectivity index (χ2n) is 8.04. The zero-order valence-corrected chi connectivity index (χ0v) is 16.1. The maximum atomic E-state index is 5.77. The minimum Gasteiger partial charge on any atom is -0.379 e. The molecule has 0 amide bonds. The van der Waals surface area contributed by atoms with Crippen molar-refractivity contribution in [3.05, 3.63) is 0 Å². The van der Waals surface area contributed by atoms with Gasteiger partial charge in [-0.1, -0.05) is 12.8 Å². The lowest BCUT2D eigenvalue weighted by Crippen LogP contribution is -2.51. The van der Waals surface area contributed by atoms with Crippen LogP contribution in [0.4, 0.5) is 0 Å². The monoisotopic (exact) mass is 324 g/mol. The van der Waals surface area contributed by atoms with Crippen LogP contribution in [0.15, 0.2) is 0 Å². The zero-order valence-electron chi connectivity index (χ0n) is 16.1. The van der Waals surface area contributed by atoms with E-state index in [0.717, 1.165) is 18.6 Å². The lowest BCUT2D eigenvalue weighted by Gasteiger charge is -2.40. The molecule has 2 rings (SSSR count). The van der Waals surface area contributed by atoms with Gasteiger partial charge in [-0.2, -0.15) is 0 Å². The van der Waals surface area contributed by atoms with E-state index in [9.17, 15) is 0 Å². The Balaban J connectivity index is 1.56. The van der Waals surface area contributed by atoms with Crippen LogP contribution in [0.3, 0.4) is 0 Å². The van der Waals surface area contributed by atoms with Gasteiger partial charge in [-0.05, 0) is 65.7 Å². The molecule has 3 nitrogen and oxygen atoms in total. The molecule has 2 aliphatic rings. The molecule has 23 heavy (non-hydrogen) atoms. The lowest BCUT2D eigenvalue weighted by molar-refractivity contribution is 0.0241. The maximum absolute atomic E-state index is 5.77. The van der Waals surface area contributed by atoms with Crippen molar-refractivity contribution in [3.63, 3.8) is 0 Å². The molecule has 0 N–H and O–H groups in total. The van der Waals surface area contributed by atoms with Gasteiger partial charge in [0.05, 0.1) is 6.10 Å². The Morgan fingerprint density at radius 2 is 1.52 bits per heavy atom. The molecule has 1 atom stereocenters. The van der Waals surface area contributed by atoms with Crippen molar-refractivity contribution in [1.82, 2.24) is 9.80 Å². The van der Waals surface area contributed by atoms with Gasteiger partial charge in [-0.15, -0.1) is 0 Å². The van der Waals surface area contributed by atoms with Crippen LogP contribution < -0.4 is 0 Å². The second kappa shape index (κ2) is 10.0. The van der Waals surface area contributed by atoms with E-state index in [2.05, 4.69) is 37.5 Å². The van der Waals surface area contributed by atoms with Crippen LogP contribution in [0.1, 0.15) is 72.6 Å². The molecule has 0 spiro atoms. The molecular weight excluding hydrogens is 284 g/mol. The fourth-order valence-corrected chi connectivity index (χ4v) is 4.40. The summed E-state index contributed by atoms with van der Waals surface area (Å²) >= 11 is 0. The molecule has 0 aromatic carbocycles. The molecule has 1 saturated carbocycles. The van der Waals surface area contributed by atoms with E-state index < -0.39 is 0 Å². The van der Waals surface area contributed by atoms with Gasteiger partial charge in [-0.3, -0.25) is 9.80 Å². The quantitative estimate of drug-likeness (QED) is 0.666. The molecule has 1 aliphatic carbocycles. The van der Waals surface area contributed by atoms with Gasteiger partial charge in [0.1, 0.15) is 0 Å². The predicted octanol–water partition coefficient (Wildman–Crippen LogP) is 4.17. The summed E-state index contributed by atoms with van der Waals surface area (Å²) in [5.41, 5.74) is 0. The summed E-state index contributed by atoms with van der Waals surface area (Å²) in [4.78, 5) is 5.32. The lowest BCUT2D eigenvalue weighted by atomic mass is 9.84. The summed E-state index contributed by atoms with van der Waals surface area (Å²) in [5, 5.41) is 0. The molecule has 0 aromatic heterocycles. The third kappa shape index (κ3) is 6.36. The molecule has 136 valence electrons. The van der Waals surface area contributed by atoms with Crippen molar-refractivity contribution < 1.29 is 4.74 Å². The van der Waals surface area contributed by atoms with Crippen LogP contribution >= 0.6 is 0 Å². The van der Waals surface area contributed by atoms with E-state index in [1.165, 1.54) is 71.1 Å². The van der Waals surface area contributed by atoms with E-state index >= 15 is 0 Å². The summed E-state index contributed by atoms with van der Waals surface area (Å²) in [5.74, 6) is 0.969. The topological polar surface area (TPSA) is 15.7 Å². The van der Waals surface area contributed by atoms with Crippen molar-refractivity contribution in [2.24, 2.45) is 5.92 Å². The van der Waals surface area contributed by atoms with Crippen LogP contribution in [-0.2, 0) is 4.74 Å². The Labute approximate surface area is 144 Å². The van der Waals surface area contributed by atoms with Gasteiger partial charge < -0.3 is 4.74 Å². The molecule has 1 saturated heterocycles. The van der Waals surface area contributed by atoms with Crippen LogP contribution in [0, 0.1) is 5.92 Å². The Bertz CT molecular complexity index is 305. The van der Waals surface area contributed by atoms with Crippen molar-refractivity contribution >= 4 is 0 Å². The molecule has 0 radical (unpaired) electrons. The summed E-state index contributed by atoms with van der Waals surface area (Å²) in [7, 11) is 0. The highest BCUT2D eigenvalue weighted by molar-refractivity contribution is 4.79. The molecule has 1 heterocycles. The first kappa shape index (κ1) is 19.2. The zero-order chi connectivity index (χ0) is 16.7. The van der Waals surface area contributed by atoms with Crippen LogP contribution in [-0.4, -0.2) is 60.8 Å². The van der Waals surface area contributed by atoms with Crippen molar-refractivity contribution in [1.29, 1.82) is 0 Å². The first-order valence-electron chi connectivity index (χ1n) is 10.2. The molecule has 2 fully saturated rings. The maximum Gasteiger partial charge on any atom is 0.0575 e. The third-order valence-electron chi connectivity index (χ3n) is 6.13. The summed E-state index contributed by atoms with van der Waals surface area (Å²) < 4.78 is 5.77. The fourth-order valence-electron chi connectivity index (χ4n) is 4.40. The van der Waals surface area contributed by atoms with Crippen molar-refractivity contribution in [2.75, 3.05) is 32.8 Å². The highest BCUT2D eigenvalue weighted by atomic mass is 16.5. The molecule has 0 bridgehead atoms. The predicted molar refractivity (Wildman–Crippen MR) is 99.0 cm³/mol. The minimum atomic E-state index is 0.562. The van der Waals surface area contributed by atoms with Gasteiger partial charge in [0.25, 0.3) is 0 Å². The van der Waals surface area contributed by atoms with Crippen LogP contribution in [0.2, 0.25) is 0 Å². The van der Waals surface area contributed by atoms with Gasteiger partial charge in [0.2, 0.25) is 0 Å². The van der Waals surface area contributed by atoms with Gasteiger partial charge >= 0.3 is 0 Å². The first-order valence-corrected chi connectivity index (χ1v) is 10.2. The highest BCUT2D eigenvalue weighted by Gasteiger charge is 2.24. The average Bonchev–Trinajstić information content (AvgIpc) is 2.56. The number of rotatable bonds is 8. The van der Waals surface area contributed by atoms with Crippen molar-refractivity contribution in [2.45, 2.75) is 90.8 Å². The minimum absolute atomic E-state index is 0.562. The molecular formula is C20H40N2O. The van der Waals surface area contributed by atoms with Gasteiger partial charge in [0, 0.05) is 44.9 Å². The summed E-state index contributed by atoms with van der Waals surface area (Å²) in [6.07, 6.45) is 10.2. The largest absolute Gasteiger partial charge is 0.379 e. The van der Waals surface area contributed by atoms with E-state index in [0.29, 0.717) is 12.1 Å². The Morgan fingerprint density at radius 1 is 0.913 bits per heavy atom. The van der Waals surface area contributed by atoms with Crippen LogP contribution in [0.5, 0.6) is 0 Å². The Morgan fingerprint density at radius 3 is 2.09 bits per heavy atom. The summed E-state index contributed by atoms with van der Waals surface area (Å²) in [6.45, 7) is 15.1. The smallest absolute Gasteiger partial charge is 0.0575 e. The SMILES string of the molecule is CCO[C@H]1CC[C@H](CCC[C@H](C)N2CCN(C(C)C)CC2)CC1. The Hall–Kier alpha value is -0.120. The molecule has 1 aliphatic heterocycles. The van der Waals surface area contributed by atoms with Gasteiger partial charge in [0.15, 0.2) is 0 Å². The Kier molecular flexibility index (Phi) is 8.35. The standard InChI is InChI=1S/C20H40N2O/c1-5-23-20-11-9-19(10-12-20)8-6-7-18(4)22-15-13-21(14-16-22)17(2)3/h17-20H,5-16H2,1-4H3/t18-,19-,20-/m0/s1. The fraction of sp³-hybridized carbons (Fsp3) is 1.00. The normalized spacial score (nSPS) is 29.1. The number of piperazine rings is 1. The van der Waals surface area contributed by atoms with E-state index in [4.69, 9.17) is 4.74 Å². The van der Waals surface area contributed by atoms with E-state index in [-0.39, 0.29) is 0 Å². The molecule has 3 heteroatoms. The number of ether oxygens (including phenoxy) is 1. The first-order chi connectivity index (χ1) is 11.1. The van der Waals surface area contributed by atoms with E-state index in [1.54, 1.807) is 0 Å². The van der Waals surface area contributed by atoms with Crippen molar-refractivity contribution in [3.8, 4) is 0 Å². The van der Waals surface area contributed by atoms with Gasteiger partial charge in [-0.25, -0.2) is 0 Å².